The first kappa shape index (κ1) is 16.1. The number of rotatable bonds is 3. The molecule has 0 radical (unpaired) electrons. The Hall–Kier alpha value is -0.940. The van der Waals surface area contributed by atoms with Gasteiger partial charge in [-0.15, -0.1) is 12.6 Å². The summed E-state index contributed by atoms with van der Waals surface area (Å²) < 4.78 is 13.5. The first-order valence-electron chi connectivity index (χ1n) is 5.02. The summed E-state index contributed by atoms with van der Waals surface area (Å²) in [6, 6.07) is 2.96. The number of hydrogen-bond donors (Lipinski definition) is 2. The van der Waals surface area contributed by atoms with E-state index in [0.717, 1.165) is 13.1 Å². The summed E-state index contributed by atoms with van der Waals surface area (Å²) in [6.45, 7) is 5.25. The van der Waals surface area contributed by atoms with Gasteiger partial charge in [0.25, 0.3) is 6.47 Å². The van der Waals surface area contributed by atoms with Crippen LogP contribution in [-0.4, -0.2) is 24.7 Å². The molecule has 0 atom stereocenters. The van der Waals surface area contributed by atoms with Crippen LogP contribution in [0.15, 0.2) is 17.0 Å². The van der Waals surface area contributed by atoms with Gasteiger partial charge in [-0.05, 0) is 26.0 Å². The lowest BCUT2D eigenvalue weighted by atomic mass is 10.2. The smallest absolute Gasteiger partial charge is 0.290 e. The highest BCUT2D eigenvalue weighted by Gasteiger charge is 2.10. The Morgan fingerprint density at radius 2 is 1.94 bits per heavy atom. The zero-order valence-electron chi connectivity index (χ0n) is 9.65. The molecule has 0 amide bonds. The molecule has 3 nitrogen and oxygen atoms in total. The number of hydrogen-bond acceptors (Lipinski definition) is 3. The molecule has 6 heteroatoms. The number of carbonyl (C=O) groups is 1. The lowest BCUT2D eigenvalue weighted by molar-refractivity contribution is -0.122. The van der Waals surface area contributed by atoms with Crippen molar-refractivity contribution in [3.05, 3.63) is 23.0 Å². The van der Waals surface area contributed by atoms with Gasteiger partial charge in [-0.25, -0.2) is 4.39 Å². The average Bonchev–Trinajstić information content (AvgIpc) is 2.28. The maximum absolute atomic E-state index is 13.5. The van der Waals surface area contributed by atoms with Crippen LogP contribution in [0.3, 0.4) is 0 Å². The van der Waals surface area contributed by atoms with Crippen molar-refractivity contribution in [1.29, 1.82) is 0 Å². The Labute approximate surface area is 111 Å². The van der Waals surface area contributed by atoms with E-state index in [2.05, 4.69) is 12.6 Å². The van der Waals surface area contributed by atoms with Gasteiger partial charge in [0.05, 0.1) is 10.7 Å². The summed E-state index contributed by atoms with van der Waals surface area (Å²) in [5, 5.41) is 7.24. The topological polar surface area (TPSA) is 40.5 Å². The van der Waals surface area contributed by atoms with E-state index in [1.165, 1.54) is 6.07 Å². The highest BCUT2D eigenvalue weighted by molar-refractivity contribution is 7.80. The average molecular weight is 280 g/mol. The van der Waals surface area contributed by atoms with Crippen LogP contribution in [0.5, 0.6) is 0 Å². The summed E-state index contributed by atoms with van der Waals surface area (Å²) in [6.07, 6.45) is 0. The van der Waals surface area contributed by atoms with Crippen molar-refractivity contribution in [2.45, 2.75) is 18.7 Å². The largest absolute Gasteiger partial charge is 0.483 e. The molecule has 1 N–H and O–H groups in total. The van der Waals surface area contributed by atoms with Crippen molar-refractivity contribution in [1.82, 2.24) is 0 Å². The summed E-state index contributed by atoms with van der Waals surface area (Å²) in [4.78, 5) is 10.9. The minimum Gasteiger partial charge on any atom is -0.483 e. The molecule has 0 saturated heterocycles. The second-order valence-electron chi connectivity index (χ2n) is 3.03. The van der Waals surface area contributed by atoms with Gasteiger partial charge in [0.15, 0.2) is 0 Å². The maximum atomic E-state index is 13.5. The van der Waals surface area contributed by atoms with Crippen LogP contribution in [0, 0.1) is 5.82 Å². The molecule has 0 aliphatic rings. The van der Waals surface area contributed by atoms with Crippen LogP contribution < -0.4 is 4.90 Å². The van der Waals surface area contributed by atoms with Gasteiger partial charge in [0, 0.05) is 18.0 Å². The van der Waals surface area contributed by atoms with Crippen molar-refractivity contribution in [2.75, 3.05) is 18.0 Å². The Morgan fingerprint density at radius 3 is 2.35 bits per heavy atom. The molecule has 0 spiro atoms. The standard InChI is InChI=1S/C10H13ClFNS.CH2O2/c1-3-13(4-2)9-6-10(14)7(11)5-8(9)12;2-1-3/h5-6,14H,3-4H2,1-2H3;1H,(H,2,3). The van der Waals surface area contributed by atoms with Gasteiger partial charge in [-0.3, -0.25) is 4.79 Å². The van der Waals surface area contributed by atoms with E-state index >= 15 is 0 Å². The van der Waals surface area contributed by atoms with Gasteiger partial charge < -0.3 is 10.0 Å². The SMILES string of the molecule is CCN(CC)c1cc(S)c(Cl)cc1F.O=CO. The van der Waals surface area contributed by atoms with Crippen molar-refractivity contribution < 1.29 is 14.3 Å². The molecule has 0 fully saturated rings. The van der Waals surface area contributed by atoms with E-state index in [4.69, 9.17) is 21.5 Å². The van der Waals surface area contributed by atoms with Gasteiger partial charge in [0.1, 0.15) is 5.82 Å². The highest BCUT2D eigenvalue weighted by atomic mass is 35.5. The van der Waals surface area contributed by atoms with Crippen molar-refractivity contribution in [2.24, 2.45) is 0 Å². The molecule has 0 aliphatic heterocycles. The van der Waals surface area contributed by atoms with E-state index in [9.17, 15) is 4.39 Å². The molecular weight excluding hydrogens is 265 g/mol. The first-order chi connectivity index (χ1) is 8.01. The second kappa shape index (κ2) is 8.20. The van der Waals surface area contributed by atoms with E-state index < -0.39 is 0 Å². The molecule has 0 aromatic heterocycles. The summed E-state index contributed by atoms with van der Waals surface area (Å²) in [5.41, 5.74) is 0.560. The van der Waals surface area contributed by atoms with Crippen LogP contribution in [0.25, 0.3) is 0 Å². The van der Waals surface area contributed by atoms with E-state index in [1.807, 2.05) is 18.7 Å². The van der Waals surface area contributed by atoms with Gasteiger partial charge >= 0.3 is 0 Å². The predicted molar refractivity (Wildman–Crippen MR) is 70.9 cm³/mol. The molecule has 0 saturated carbocycles. The number of thiol groups is 1. The van der Waals surface area contributed by atoms with Gasteiger partial charge in [-0.1, -0.05) is 11.6 Å². The minimum atomic E-state index is -0.295. The number of nitrogens with zero attached hydrogens (tertiary/aromatic N) is 1. The molecule has 1 aromatic carbocycles. The summed E-state index contributed by atoms with van der Waals surface area (Å²) >= 11 is 9.90. The Bertz CT molecular complexity index is 373. The molecular formula is C11H15ClFNO2S. The van der Waals surface area contributed by atoms with Crippen LogP contribution in [-0.2, 0) is 4.79 Å². The molecule has 0 aliphatic carbocycles. The van der Waals surface area contributed by atoms with Crippen LogP contribution in [0.2, 0.25) is 5.02 Å². The first-order valence-corrected chi connectivity index (χ1v) is 5.85. The van der Waals surface area contributed by atoms with Crippen LogP contribution in [0.4, 0.5) is 10.1 Å². The quantitative estimate of drug-likeness (QED) is 0.659. The summed E-state index contributed by atoms with van der Waals surface area (Å²) in [7, 11) is 0. The van der Waals surface area contributed by atoms with Crippen LogP contribution >= 0.6 is 24.2 Å². The third kappa shape index (κ3) is 4.83. The maximum Gasteiger partial charge on any atom is 0.290 e. The van der Waals surface area contributed by atoms with Crippen LogP contribution in [0.1, 0.15) is 13.8 Å². The van der Waals surface area contributed by atoms with Crippen molar-refractivity contribution >= 4 is 36.4 Å². The number of carboxylic acid groups (broad SMARTS) is 1. The molecule has 0 unspecified atom stereocenters. The molecule has 96 valence electrons. The van der Waals surface area contributed by atoms with Crippen molar-refractivity contribution in [3.63, 3.8) is 0 Å². The fraction of sp³-hybridized carbons (Fsp3) is 0.364. The number of halogens is 2. The third-order valence-electron chi connectivity index (χ3n) is 2.12. The lowest BCUT2D eigenvalue weighted by Crippen LogP contribution is -2.22. The molecule has 0 bridgehead atoms. The zero-order chi connectivity index (χ0) is 13.4. The minimum absolute atomic E-state index is 0.250. The normalized spacial score (nSPS) is 9.24. The van der Waals surface area contributed by atoms with E-state index in [-0.39, 0.29) is 12.3 Å². The predicted octanol–water partition coefficient (Wildman–Crippen LogP) is 3.31. The molecule has 1 rings (SSSR count). The Balaban J connectivity index is 0.000000770. The molecule has 1 aromatic rings. The van der Waals surface area contributed by atoms with Gasteiger partial charge in [0.2, 0.25) is 0 Å². The Kier molecular flexibility index (Phi) is 7.74. The zero-order valence-corrected chi connectivity index (χ0v) is 11.3. The van der Waals surface area contributed by atoms with E-state index in [1.54, 1.807) is 6.07 Å². The fourth-order valence-corrected chi connectivity index (χ4v) is 1.67. The summed E-state index contributed by atoms with van der Waals surface area (Å²) in [5.74, 6) is -0.295. The highest BCUT2D eigenvalue weighted by Crippen LogP contribution is 2.28. The Morgan fingerprint density at radius 1 is 1.47 bits per heavy atom. The fourth-order valence-electron chi connectivity index (χ4n) is 1.33. The molecule has 17 heavy (non-hydrogen) atoms. The number of benzene rings is 1. The monoisotopic (exact) mass is 279 g/mol. The second-order valence-corrected chi connectivity index (χ2v) is 3.92. The lowest BCUT2D eigenvalue weighted by Gasteiger charge is -2.22. The molecule has 0 heterocycles. The number of anilines is 1. The van der Waals surface area contributed by atoms with E-state index in [0.29, 0.717) is 15.6 Å². The van der Waals surface area contributed by atoms with Gasteiger partial charge in [-0.2, -0.15) is 0 Å². The third-order valence-corrected chi connectivity index (χ3v) is 2.93. The van der Waals surface area contributed by atoms with Crippen molar-refractivity contribution in [3.8, 4) is 0 Å².